The van der Waals surface area contributed by atoms with Gasteiger partial charge in [-0.25, -0.2) is 0 Å². The van der Waals surface area contributed by atoms with Crippen LogP contribution in [0.1, 0.15) is 0 Å². The summed E-state index contributed by atoms with van der Waals surface area (Å²) in [6.07, 6.45) is 0. The van der Waals surface area contributed by atoms with Crippen molar-refractivity contribution in [3.05, 3.63) is 218 Å². The first kappa shape index (κ1) is 34.1. The van der Waals surface area contributed by atoms with Crippen molar-refractivity contribution in [3.63, 3.8) is 0 Å². The van der Waals surface area contributed by atoms with Crippen LogP contribution in [0.5, 0.6) is 0 Å². The Bertz CT molecular complexity index is 3480. The van der Waals surface area contributed by atoms with Crippen LogP contribution in [-0.2, 0) is 0 Å². The summed E-state index contributed by atoms with van der Waals surface area (Å²) in [5, 5.41) is 13.0. The molecule has 0 amide bonds. The van der Waals surface area contributed by atoms with E-state index in [-0.39, 0.29) is 14.5 Å². The molecule has 1 heteroatoms. The summed E-state index contributed by atoms with van der Waals surface area (Å²) in [7, 11) is 0. The standard InChI is InChI=1S/C58H36Se/c1-3-17-37(18-4-1)39-21-15-22-40(35-39)55-46-27-11-13-29-48(46)57(49-30-14-12-28-47(49)55)51-31-16-32-52-58(51)50-34-33-41(36-53(50)59-52)56-44-25-9-7-23-42(44)54(38-19-5-2-6-20-38)43-24-8-10-26-45(43)56/h1-36H. The van der Waals surface area contributed by atoms with Crippen LogP contribution in [0.2, 0.25) is 0 Å². The van der Waals surface area contributed by atoms with Crippen LogP contribution in [0.15, 0.2) is 218 Å². The average Bonchev–Trinajstić information content (AvgIpc) is 3.69. The van der Waals surface area contributed by atoms with Gasteiger partial charge in [-0.15, -0.1) is 0 Å². The third-order valence-corrected chi connectivity index (χ3v) is 14.6. The SMILES string of the molecule is c1ccc(-c2cccc(-c3c4ccccc4c(-c4cccc5[se]c6cc(-c7c8ccccc8c(-c8ccccc8)c8ccccc78)ccc6c45)c4ccccc34)c2)cc1. The molecule has 274 valence electrons. The Morgan fingerprint density at radius 1 is 0.220 bits per heavy atom. The van der Waals surface area contributed by atoms with Gasteiger partial charge in [0, 0.05) is 0 Å². The van der Waals surface area contributed by atoms with Crippen molar-refractivity contribution in [2.45, 2.75) is 0 Å². The molecule has 0 fully saturated rings. The molecule has 1 heterocycles. The molecule has 0 aliphatic rings. The van der Waals surface area contributed by atoms with E-state index in [2.05, 4.69) is 218 Å². The predicted molar refractivity (Wildman–Crippen MR) is 256 cm³/mol. The summed E-state index contributed by atoms with van der Waals surface area (Å²) in [4.78, 5) is 0. The molecule has 0 saturated carbocycles. The first-order chi connectivity index (χ1) is 29.3. The zero-order valence-electron chi connectivity index (χ0n) is 32.2. The quantitative estimate of drug-likeness (QED) is 0.120. The second kappa shape index (κ2) is 13.8. The van der Waals surface area contributed by atoms with E-state index in [1.807, 2.05) is 0 Å². The van der Waals surface area contributed by atoms with Gasteiger partial charge in [0.15, 0.2) is 0 Å². The average molecular weight is 812 g/mol. The molecule has 12 rings (SSSR count). The van der Waals surface area contributed by atoms with E-state index in [0.29, 0.717) is 0 Å². The maximum absolute atomic E-state index is 2.51. The minimum Gasteiger partial charge on any atom is -0.0617 e. The normalized spacial score (nSPS) is 11.7. The van der Waals surface area contributed by atoms with E-state index in [1.54, 1.807) is 0 Å². The zero-order chi connectivity index (χ0) is 38.9. The van der Waals surface area contributed by atoms with Crippen molar-refractivity contribution in [3.8, 4) is 55.6 Å². The smallest absolute Gasteiger partial charge is 0.0617 e. The van der Waals surface area contributed by atoms with Crippen LogP contribution in [0.4, 0.5) is 0 Å². The van der Waals surface area contributed by atoms with E-state index in [1.165, 1.54) is 118 Å². The van der Waals surface area contributed by atoms with Gasteiger partial charge < -0.3 is 0 Å². The molecule has 0 nitrogen and oxygen atoms in total. The Kier molecular flexibility index (Phi) is 7.98. The van der Waals surface area contributed by atoms with Crippen LogP contribution < -0.4 is 0 Å². The fourth-order valence-corrected chi connectivity index (χ4v) is 12.2. The number of benzene rings is 11. The fraction of sp³-hybridized carbons (Fsp3) is 0. The van der Waals surface area contributed by atoms with Crippen LogP contribution in [0.3, 0.4) is 0 Å². The van der Waals surface area contributed by atoms with Gasteiger partial charge in [-0.1, -0.05) is 18.2 Å². The maximum atomic E-state index is 2.51. The second-order valence-electron chi connectivity index (χ2n) is 15.5. The Hall–Kier alpha value is -7.02. The molecule has 0 spiro atoms. The van der Waals surface area contributed by atoms with Gasteiger partial charge in [-0.2, -0.15) is 0 Å². The number of fused-ring (bicyclic) bond motifs is 7. The van der Waals surface area contributed by atoms with Crippen LogP contribution in [0.25, 0.3) is 118 Å². The van der Waals surface area contributed by atoms with Gasteiger partial charge in [0.2, 0.25) is 0 Å². The predicted octanol–water partition coefficient (Wildman–Crippen LogP) is 16.0. The Labute approximate surface area is 349 Å². The Balaban J connectivity index is 1.09. The minimum atomic E-state index is 0.162. The number of hydrogen-bond donors (Lipinski definition) is 0. The molecule has 12 aromatic rings. The molecule has 0 atom stereocenters. The Morgan fingerprint density at radius 2 is 0.627 bits per heavy atom. The van der Waals surface area contributed by atoms with Gasteiger partial charge in [-0.3, -0.25) is 0 Å². The van der Waals surface area contributed by atoms with Crippen molar-refractivity contribution < 1.29 is 0 Å². The second-order valence-corrected chi connectivity index (χ2v) is 17.8. The first-order valence-corrected chi connectivity index (χ1v) is 22.1. The zero-order valence-corrected chi connectivity index (χ0v) is 33.9. The molecule has 59 heavy (non-hydrogen) atoms. The van der Waals surface area contributed by atoms with Crippen LogP contribution in [0, 0.1) is 0 Å². The summed E-state index contributed by atoms with van der Waals surface area (Å²) in [6.45, 7) is 0. The molecule has 1 aromatic heterocycles. The van der Waals surface area contributed by atoms with Crippen molar-refractivity contribution in [1.29, 1.82) is 0 Å². The molecular formula is C58H36Se. The van der Waals surface area contributed by atoms with E-state index in [4.69, 9.17) is 0 Å². The third-order valence-electron chi connectivity index (χ3n) is 12.2. The molecule has 0 bridgehead atoms. The molecule has 0 saturated heterocycles. The topological polar surface area (TPSA) is 0 Å². The van der Waals surface area contributed by atoms with Crippen LogP contribution in [-0.4, -0.2) is 14.5 Å². The molecule has 0 radical (unpaired) electrons. The first-order valence-electron chi connectivity index (χ1n) is 20.3. The molecule has 0 aliphatic heterocycles. The summed E-state index contributed by atoms with van der Waals surface area (Å²) in [5.74, 6) is 0. The number of rotatable bonds is 5. The molecule has 0 aliphatic carbocycles. The molecule has 0 unspecified atom stereocenters. The van der Waals surface area contributed by atoms with Gasteiger partial charge in [0.25, 0.3) is 0 Å². The van der Waals surface area contributed by atoms with Gasteiger partial charge >= 0.3 is 333 Å². The summed E-state index contributed by atoms with van der Waals surface area (Å²) in [5.41, 5.74) is 12.8. The van der Waals surface area contributed by atoms with Gasteiger partial charge in [0.05, 0.1) is 0 Å². The van der Waals surface area contributed by atoms with Crippen molar-refractivity contribution in [2.24, 2.45) is 0 Å². The van der Waals surface area contributed by atoms with E-state index < -0.39 is 0 Å². The summed E-state index contributed by atoms with van der Waals surface area (Å²) < 4.78 is 2.89. The van der Waals surface area contributed by atoms with Gasteiger partial charge in [-0.05, 0) is 0 Å². The Morgan fingerprint density at radius 3 is 1.17 bits per heavy atom. The van der Waals surface area contributed by atoms with Crippen LogP contribution >= 0.6 is 0 Å². The van der Waals surface area contributed by atoms with E-state index in [0.717, 1.165) is 0 Å². The van der Waals surface area contributed by atoms with E-state index >= 15 is 0 Å². The van der Waals surface area contributed by atoms with Gasteiger partial charge in [0.1, 0.15) is 0 Å². The number of hydrogen-bond acceptors (Lipinski definition) is 0. The third kappa shape index (κ3) is 5.44. The molecule has 11 aromatic carbocycles. The van der Waals surface area contributed by atoms with Crippen molar-refractivity contribution in [2.75, 3.05) is 0 Å². The minimum absolute atomic E-state index is 0.162. The van der Waals surface area contributed by atoms with E-state index in [9.17, 15) is 0 Å². The summed E-state index contributed by atoms with van der Waals surface area (Å²) >= 11 is 0.162. The monoisotopic (exact) mass is 812 g/mol. The van der Waals surface area contributed by atoms with Crippen molar-refractivity contribution in [1.82, 2.24) is 0 Å². The molecular weight excluding hydrogens is 776 g/mol. The molecule has 0 N–H and O–H groups in total. The summed E-state index contributed by atoms with van der Waals surface area (Å²) in [6, 6.07) is 81.0. The van der Waals surface area contributed by atoms with Crippen molar-refractivity contribution >= 4 is 76.9 Å². The fourth-order valence-electron chi connectivity index (χ4n) is 9.76.